The average molecular weight is 329 g/mol. The minimum atomic E-state index is -0.395. The Kier molecular flexibility index (Phi) is 3.66. The number of hydrogen-bond donors (Lipinski definition) is 0. The van der Waals surface area contributed by atoms with Crippen LogP contribution in [0.25, 0.3) is 0 Å². The molecular formula is C17H13ClN2O3. The largest absolute Gasteiger partial charge is 0.345 e. The van der Waals surface area contributed by atoms with Gasteiger partial charge in [0.2, 0.25) is 0 Å². The molecule has 0 saturated heterocycles. The quantitative estimate of drug-likeness (QED) is 0.796. The van der Waals surface area contributed by atoms with Crippen molar-refractivity contribution >= 4 is 35.0 Å². The lowest BCUT2D eigenvalue weighted by molar-refractivity contribution is 0.0827. The maximum Gasteiger partial charge on any atom is 0.266 e. The molecule has 5 nitrogen and oxygen atoms in total. The van der Waals surface area contributed by atoms with E-state index in [1.54, 1.807) is 44.4 Å². The Morgan fingerprint density at radius 2 is 1.57 bits per heavy atom. The molecule has 0 radical (unpaired) electrons. The molecule has 0 bridgehead atoms. The van der Waals surface area contributed by atoms with Gasteiger partial charge in [0.05, 0.1) is 27.4 Å². The molecule has 0 atom stereocenters. The highest BCUT2D eigenvalue weighted by Crippen LogP contribution is 2.31. The van der Waals surface area contributed by atoms with Crippen LogP contribution in [0.2, 0.25) is 5.02 Å². The molecule has 0 aliphatic carbocycles. The summed E-state index contributed by atoms with van der Waals surface area (Å²) in [7, 11) is 3.24. The maximum absolute atomic E-state index is 12.4. The number of rotatable bonds is 2. The molecule has 0 spiro atoms. The Hall–Kier alpha value is -2.66. The molecule has 2 aromatic carbocycles. The molecule has 0 aromatic heterocycles. The number of imide groups is 1. The van der Waals surface area contributed by atoms with Crippen molar-refractivity contribution in [2.75, 3.05) is 19.0 Å². The van der Waals surface area contributed by atoms with Gasteiger partial charge in [-0.2, -0.15) is 0 Å². The van der Waals surface area contributed by atoms with E-state index in [0.717, 1.165) is 4.90 Å². The highest BCUT2D eigenvalue weighted by atomic mass is 35.5. The zero-order valence-electron chi connectivity index (χ0n) is 12.5. The lowest BCUT2D eigenvalue weighted by Crippen LogP contribution is -2.29. The number of carbonyl (C=O) groups is 3. The number of nitrogens with zero attached hydrogens (tertiary/aromatic N) is 2. The first kappa shape index (κ1) is 15.2. The molecule has 3 rings (SSSR count). The van der Waals surface area contributed by atoms with Crippen LogP contribution in [0.4, 0.5) is 5.69 Å². The Balaban J connectivity index is 2.01. The van der Waals surface area contributed by atoms with Gasteiger partial charge >= 0.3 is 0 Å². The van der Waals surface area contributed by atoms with Crippen LogP contribution in [0.5, 0.6) is 0 Å². The fourth-order valence-electron chi connectivity index (χ4n) is 2.48. The van der Waals surface area contributed by atoms with E-state index in [4.69, 9.17) is 11.6 Å². The summed E-state index contributed by atoms with van der Waals surface area (Å²) in [5, 5.41) is 0.192. The number of benzene rings is 2. The summed E-state index contributed by atoms with van der Waals surface area (Å²) in [6.07, 6.45) is 0. The third kappa shape index (κ3) is 2.39. The van der Waals surface area contributed by atoms with Gasteiger partial charge in [-0.25, -0.2) is 4.90 Å². The van der Waals surface area contributed by atoms with Crippen molar-refractivity contribution < 1.29 is 14.4 Å². The van der Waals surface area contributed by atoms with E-state index in [-0.39, 0.29) is 10.9 Å². The molecule has 1 aliphatic rings. The molecule has 0 saturated carbocycles. The summed E-state index contributed by atoms with van der Waals surface area (Å²) in [6, 6.07) is 11.2. The number of anilines is 1. The molecule has 1 heterocycles. The molecule has 0 N–H and O–H groups in total. The molecule has 23 heavy (non-hydrogen) atoms. The van der Waals surface area contributed by atoms with Gasteiger partial charge in [0.25, 0.3) is 17.7 Å². The monoisotopic (exact) mass is 328 g/mol. The predicted octanol–water partition coefficient (Wildman–Crippen LogP) is 2.84. The van der Waals surface area contributed by atoms with Crippen LogP contribution in [-0.2, 0) is 0 Å². The van der Waals surface area contributed by atoms with Crippen LogP contribution in [0, 0.1) is 0 Å². The van der Waals surface area contributed by atoms with Crippen LogP contribution in [-0.4, -0.2) is 36.7 Å². The van der Waals surface area contributed by atoms with Gasteiger partial charge in [-0.3, -0.25) is 14.4 Å². The van der Waals surface area contributed by atoms with E-state index in [1.165, 1.54) is 17.0 Å². The lowest BCUT2D eigenvalue weighted by Gasteiger charge is -2.16. The first-order chi connectivity index (χ1) is 10.9. The van der Waals surface area contributed by atoms with Gasteiger partial charge in [0, 0.05) is 14.1 Å². The van der Waals surface area contributed by atoms with Crippen LogP contribution in [0.3, 0.4) is 0 Å². The van der Waals surface area contributed by atoms with Crippen molar-refractivity contribution in [3.05, 3.63) is 64.2 Å². The molecular weight excluding hydrogens is 316 g/mol. The van der Waals surface area contributed by atoms with E-state index in [1.807, 2.05) is 0 Å². The van der Waals surface area contributed by atoms with Crippen LogP contribution < -0.4 is 4.90 Å². The van der Waals surface area contributed by atoms with E-state index in [0.29, 0.717) is 22.4 Å². The van der Waals surface area contributed by atoms with Crippen LogP contribution >= 0.6 is 11.6 Å². The van der Waals surface area contributed by atoms with E-state index >= 15 is 0 Å². The fourth-order valence-corrected chi connectivity index (χ4v) is 2.74. The minimum Gasteiger partial charge on any atom is -0.345 e. The van der Waals surface area contributed by atoms with Gasteiger partial charge in [-0.15, -0.1) is 0 Å². The summed E-state index contributed by atoms with van der Waals surface area (Å²) in [4.78, 5) is 39.3. The summed E-state index contributed by atoms with van der Waals surface area (Å²) >= 11 is 6.16. The molecule has 0 fully saturated rings. The second-order valence-corrected chi connectivity index (χ2v) is 5.76. The van der Waals surface area contributed by atoms with Gasteiger partial charge in [-0.1, -0.05) is 23.7 Å². The third-order valence-corrected chi connectivity index (χ3v) is 3.95. The summed E-state index contributed by atoms with van der Waals surface area (Å²) in [5.41, 5.74) is 1.39. The third-order valence-electron chi connectivity index (χ3n) is 3.64. The number of hydrogen-bond acceptors (Lipinski definition) is 3. The van der Waals surface area contributed by atoms with Gasteiger partial charge in [-0.05, 0) is 30.3 Å². The van der Waals surface area contributed by atoms with E-state index in [9.17, 15) is 14.4 Å². The summed E-state index contributed by atoms with van der Waals surface area (Å²) in [6.45, 7) is 0. The first-order valence-corrected chi connectivity index (χ1v) is 7.28. The van der Waals surface area contributed by atoms with Crippen LogP contribution in [0.1, 0.15) is 31.1 Å². The summed E-state index contributed by atoms with van der Waals surface area (Å²) in [5.74, 6) is -1.04. The van der Waals surface area contributed by atoms with Crippen LogP contribution in [0.15, 0.2) is 42.5 Å². The Bertz CT molecular complexity index is 810. The standard InChI is InChI=1S/C17H13ClN2O3/c1-19(2)15(21)13-8-7-10(9-14(13)18)20-16(22)11-5-3-4-6-12(11)17(20)23/h3-9H,1-2H3. The highest BCUT2D eigenvalue weighted by Gasteiger charge is 2.36. The van der Waals surface area contributed by atoms with Crippen molar-refractivity contribution in [2.24, 2.45) is 0 Å². The molecule has 116 valence electrons. The van der Waals surface area contributed by atoms with Gasteiger partial charge in [0.1, 0.15) is 0 Å². The molecule has 2 aromatic rings. The second-order valence-electron chi connectivity index (χ2n) is 5.36. The predicted molar refractivity (Wildman–Crippen MR) is 87.1 cm³/mol. The number of fused-ring (bicyclic) bond motifs is 1. The fraction of sp³-hybridized carbons (Fsp3) is 0.118. The van der Waals surface area contributed by atoms with Crippen molar-refractivity contribution in [1.82, 2.24) is 4.90 Å². The Morgan fingerprint density at radius 3 is 2.04 bits per heavy atom. The lowest BCUT2D eigenvalue weighted by atomic mass is 10.1. The first-order valence-electron chi connectivity index (χ1n) is 6.91. The number of amides is 3. The molecule has 3 amide bonds. The van der Waals surface area contributed by atoms with Crippen molar-refractivity contribution in [3.8, 4) is 0 Å². The molecule has 6 heteroatoms. The van der Waals surface area contributed by atoms with E-state index < -0.39 is 11.8 Å². The summed E-state index contributed by atoms with van der Waals surface area (Å²) < 4.78 is 0. The van der Waals surface area contributed by atoms with Gasteiger partial charge < -0.3 is 4.90 Å². The topological polar surface area (TPSA) is 57.7 Å². The highest BCUT2D eigenvalue weighted by molar-refractivity contribution is 6.36. The minimum absolute atomic E-state index is 0.192. The van der Waals surface area contributed by atoms with Crippen molar-refractivity contribution in [3.63, 3.8) is 0 Å². The van der Waals surface area contributed by atoms with Crippen molar-refractivity contribution in [2.45, 2.75) is 0 Å². The van der Waals surface area contributed by atoms with E-state index in [2.05, 4.69) is 0 Å². The van der Waals surface area contributed by atoms with Gasteiger partial charge in [0.15, 0.2) is 0 Å². The number of halogens is 1. The normalized spacial score (nSPS) is 13.3. The second kappa shape index (κ2) is 5.52. The SMILES string of the molecule is CN(C)C(=O)c1ccc(N2C(=O)c3ccccc3C2=O)cc1Cl. The maximum atomic E-state index is 12.4. The molecule has 1 aliphatic heterocycles. The average Bonchev–Trinajstić information content (AvgIpc) is 2.78. The zero-order chi connectivity index (χ0) is 16.7. The van der Waals surface area contributed by atoms with Crippen molar-refractivity contribution in [1.29, 1.82) is 0 Å². The smallest absolute Gasteiger partial charge is 0.266 e. The Morgan fingerprint density at radius 1 is 1.00 bits per heavy atom. The zero-order valence-corrected chi connectivity index (χ0v) is 13.3. The molecule has 0 unspecified atom stereocenters. The Labute approximate surface area is 138 Å². The number of carbonyl (C=O) groups excluding carboxylic acids is 3.